The van der Waals surface area contributed by atoms with Crippen LogP contribution in [0.4, 0.5) is 4.39 Å². The Labute approximate surface area is 254 Å². The minimum Gasteiger partial charge on any atom is -0.351 e. The molecule has 0 radical (unpaired) electrons. The number of rotatable bonds is 8. The van der Waals surface area contributed by atoms with Crippen molar-refractivity contribution < 1.29 is 14.0 Å². The van der Waals surface area contributed by atoms with E-state index in [0.29, 0.717) is 17.5 Å². The highest BCUT2D eigenvalue weighted by Gasteiger charge is 2.39. The fourth-order valence-electron chi connectivity index (χ4n) is 6.64. The molecule has 1 aliphatic heterocycles. The van der Waals surface area contributed by atoms with Gasteiger partial charge in [-0.2, -0.15) is 0 Å². The summed E-state index contributed by atoms with van der Waals surface area (Å²) in [6.07, 6.45) is 1.90. The minimum absolute atomic E-state index is 0.0354. The summed E-state index contributed by atoms with van der Waals surface area (Å²) in [5, 5.41) is 12.1. The van der Waals surface area contributed by atoms with Crippen LogP contribution in [0.25, 0.3) is 21.9 Å². The number of benzene rings is 4. The van der Waals surface area contributed by atoms with Crippen LogP contribution in [0.3, 0.4) is 0 Å². The Bertz CT molecular complexity index is 1600. The molecular formula is C37H42FN3O2. The minimum atomic E-state index is -0.786. The van der Waals surface area contributed by atoms with Crippen LogP contribution in [-0.2, 0) is 16.0 Å². The Kier molecular flexibility index (Phi) is 8.70. The van der Waals surface area contributed by atoms with E-state index >= 15 is 4.39 Å². The number of piperidine rings is 1. The molecule has 2 amide bonds. The monoisotopic (exact) mass is 579 g/mol. The summed E-state index contributed by atoms with van der Waals surface area (Å²) in [5.41, 5.74) is 2.50. The Hall–Kier alpha value is -4.03. The van der Waals surface area contributed by atoms with Gasteiger partial charge >= 0.3 is 0 Å². The summed E-state index contributed by atoms with van der Waals surface area (Å²) in [5.74, 6) is -1.57. The van der Waals surface area contributed by atoms with Crippen molar-refractivity contribution in [3.05, 3.63) is 108 Å². The maximum absolute atomic E-state index is 15.2. The first-order valence-corrected chi connectivity index (χ1v) is 15.1. The highest BCUT2D eigenvalue weighted by molar-refractivity contribution is 5.91. The summed E-state index contributed by atoms with van der Waals surface area (Å²) < 4.78 is 15.2. The van der Waals surface area contributed by atoms with Crippen LogP contribution in [0.1, 0.15) is 64.5 Å². The molecule has 6 heteroatoms. The lowest BCUT2D eigenvalue weighted by Crippen LogP contribution is -2.63. The molecule has 5 rings (SSSR count). The summed E-state index contributed by atoms with van der Waals surface area (Å²) in [4.78, 5) is 27.4. The van der Waals surface area contributed by atoms with Crippen molar-refractivity contribution in [2.45, 2.75) is 83.0 Å². The molecule has 5 nitrogen and oxygen atoms in total. The quantitative estimate of drug-likeness (QED) is 0.213. The van der Waals surface area contributed by atoms with Gasteiger partial charge in [-0.25, -0.2) is 4.39 Å². The second-order valence-corrected chi connectivity index (χ2v) is 13.3. The van der Waals surface area contributed by atoms with Gasteiger partial charge in [-0.3, -0.25) is 9.59 Å². The fourth-order valence-corrected chi connectivity index (χ4v) is 6.64. The van der Waals surface area contributed by atoms with E-state index < -0.39 is 12.0 Å². The number of carbonyl (C=O) groups is 2. The van der Waals surface area contributed by atoms with E-state index in [-0.39, 0.29) is 34.8 Å². The first-order valence-electron chi connectivity index (χ1n) is 15.1. The molecule has 3 N–H and O–H groups in total. The lowest BCUT2D eigenvalue weighted by Gasteiger charge is -2.46. The second-order valence-electron chi connectivity index (χ2n) is 13.3. The third kappa shape index (κ3) is 7.49. The molecule has 43 heavy (non-hydrogen) atoms. The van der Waals surface area contributed by atoms with Crippen LogP contribution >= 0.6 is 0 Å². The Morgan fingerprint density at radius 3 is 2.16 bits per heavy atom. The molecule has 1 heterocycles. The maximum Gasteiger partial charge on any atom is 0.243 e. The van der Waals surface area contributed by atoms with Gasteiger partial charge in [0, 0.05) is 29.1 Å². The van der Waals surface area contributed by atoms with Gasteiger partial charge < -0.3 is 16.0 Å². The molecule has 224 valence electrons. The zero-order chi connectivity index (χ0) is 30.8. The first kappa shape index (κ1) is 30.4. The van der Waals surface area contributed by atoms with Gasteiger partial charge in [0.15, 0.2) is 0 Å². The van der Waals surface area contributed by atoms with E-state index in [4.69, 9.17) is 0 Å². The molecule has 1 fully saturated rings. The highest BCUT2D eigenvalue weighted by atomic mass is 19.1. The number of hydrogen-bond acceptors (Lipinski definition) is 3. The third-order valence-electron chi connectivity index (χ3n) is 8.39. The number of amides is 2. The zero-order valence-electron chi connectivity index (χ0n) is 25.7. The van der Waals surface area contributed by atoms with Gasteiger partial charge in [-0.05, 0) is 81.0 Å². The normalized spacial score (nSPS) is 17.6. The van der Waals surface area contributed by atoms with Crippen LogP contribution in [0, 0.1) is 5.82 Å². The van der Waals surface area contributed by atoms with Crippen LogP contribution in [0.15, 0.2) is 91.0 Å². The van der Waals surface area contributed by atoms with Gasteiger partial charge in [0.05, 0.1) is 5.92 Å². The first-order chi connectivity index (χ1) is 20.4. The molecule has 4 aromatic carbocycles. The molecule has 0 aromatic heterocycles. The number of halogens is 1. The van der Waals surface area contributed by atoms with E-state index in [2.05, 4.69) is 55.8 Å². The number of nitrogens with one attached hydrogen (secondary N) is 3. The summed E-state index contributed by atoms with van der Waals surface area (Å²) in [6.45, 7) is 10.3. The van der Waals surface area contributed by atoms with E-state index in [1.54, 1.807) is 19.1 Å². The Morgan fingerprint density at radius 1 is 0.837 bits per heavy atom. The molecule has 0 aliphatic carbocycles. The topological polar surface area (TPSA) is 70.2 Å². The molecule has 2 atom stereocenters. The summed E-state index contributed by atoms with van der Waals surface area (Å²) >= 11 is 0. The maximum atomic E-state index is 15.2. The zero-order valence-corrected chi connectivity index (χ0v) is 25.7. The molecule has 0 spiro atoms. The number of hydrogen-bond donors (Lipinski definition) is 3. The highest BCUT2D eigenvalue weighted by Crippen LogP contribution is 2.29. The van der Waals surface area contributed by atoms with Gasteiger partial charge in [0.25, 0.3) is 0 Å². The predicted octanol–water partition coefficient (Wildman–Crippen LogP) is 6.90. The van der Waals surface area contributed by atoms with Crippen LogP contribution < -0.4 is 16.0 Å². The Morgan fingerprint density at radius 2 is 1.49 bits per heavy atom. The number of carbonyl (C=O) groups excluding carboxylic acids is 2. The van der Waals surface area contributed by atoms with Gasteiger partial charge in [0.2, 0.25) is 11.8 Å². The predicted molar refractivity (Wildman–Crippen MR) is 172 cm³/mol. The SMILES string of the molecule is CC(C(=O)N[C@@H](Cc1ccc2ccccc2c1)C(=O)NC1CC(C)(C)NC(C)(C)C1)c1ccc(-c2ccccc2)c(F)c1. The van der Waals surface area contributed by atoms with Crippen molar-refractivity contribution in [3.8, 4) is 11.1 Å². The Balaban J connectivity index is 1.37. The average molecular weight is 580 g/mol. The van der Waals surface area contributed by atoms with Crippen molar-refractivity contribution in [1.82, 2.24) is 16.0 Å². The van der Waals surface area contributed by atoms with E-state index in [1.807, 2.05) is 60.7 Å². The van der Waals surface area contributed by atoms with E-state index in [1.165, 1.54) is 6.07 Å². The average Bonchev–Trinajstić information content (AvgIpc) is 2.95. The van der Waals surface area contributed by atoms with Gasteiger partial charge in [-0.1, -0.05) is 84.9 Å². The second kappa shape index (κ2) is 12.3. The van der Waals surface area contributed by atoms with Crippen molar-refractivity contribution in [3.63, 3.8) is 0 Å². The lowest BCUT2D eigenvalue weighted by atomic mass is 9.79. The van der Waals surface area contributed by atoms with E-state index in [0.717, 1.165) is 34.7 Å². The fraction of sp³-hybridized carbons (Fsp3) is 0.351. The smallest absolute Gasteiger partial charge is 0.243 e. The standard InChI is InChI=1S/C37H42FN3O2/c1-24(28-17-18-31(32(38)21-28)27-12-7-6-8-13-27)34(42)40-33(20-25-15-16-26-11-9-10-14-29(26)19-25)35(43)39-30-22-36(2,3)41-37(4,5)23-30/h6-19,21,24,30,33,41H,20,22-23H2,1-5H3,(H,39,43)(H,40,42)/t24?,33-/m0/s1. The van der Waals surface area contributed by atoms with Gasteiger partial charge in [-0.15, -0.1) is 0 Å². The number of fused-ring (bicyclic) bond motifs is 1. The van der Waals surface area contributed by atoms with Gasteiger partial charge in [0.1, 0.15) is 11.9 Å². The van der Waals surface area contributed by atoms with Crippen molar-refractivity contribution in [2.24, 2.45) is 0 Å². The lowest BCUT2D eigenvalue weighted by molar-refractivity contribution is -0.130. The van der Waals surface area contributed by atoms with Crippen molar-refractivity contribution in [1.29, 1.82) is 0 Å². The molecule has 4 aromatic rings. The summed E-state index contributed by atoms with van der Waals surface area (Å²) in [7, 11) is 0. The van der Waals surface area contributed by atoms with Crippen molar-refractivity contribution >= 4 is 22.6 Å². The largest absolute Gasteiger partial charge is 0.351 e. The summed E-state index contributed by atoms with van der Waals surface area (Å²) in [6, 6.07) is 27.6. The molecule has 0 bridgehead atoms. The molecule has 1 unspecified atom stereocenters. The molecule has 1 saturated heterocycles. The third-order valence-corrected chi connectivity index (χ3v) is 8.39. The molecule has 1 aliphatic rings. The van der Waals surface area contributed by atoms with Crippen LogP contribution in [-0.4, -0.2) is 35.0 Å². The van der Waals surface area contributed by atoms with Crippen LogP contribution in [0.2, 0.25) is 0 Å². The van der Waals surface area contributed by atoms with Crippen molar-refractivity contribution in [2.75, 3.05) is 0 Å². The van der Waals surface area contributed by atoms with Crippen LogP contribution in [0.5, 0.6) is 0 Å². The molecular weight excluding hydrogens is 537 g/mol. The van der Waals surface area contributed by atoms with E-state index in [9.17, 15) is 9.59 Å². The molecule has 0 saturated carbocycles.